The Morgan fingerprint density at radius 1 is 1.32 bits per heavy atom. The van der Waals surface area contributed by atoms with Crippen LogP contribution in [0.15, 0.2) is 18.2 Å². The van der Waals surface area contributed by atoms with Gasteiger partial charge in [-0.05, 0) is 50.3 Å². The normalized spacial score (nSPS) is 15.5. The molecule has 3 nitrogen and oxygen atoms in total. The smallest absolute Gasteiger partial charge is 0.251 e. The van der Waals surface area contributed by atoms with Crippen LogP contribution < -0.4 is 10.6 Å². The summed E-state index contributed by atoms with van der Waals surface area (Å²) in [5, 5.41) is 6.35. The van der Waals surface area contributed by atoms with Crippen LogP contribution in [0.2, 0.25) is 0 Å². The van der Waals surface area contributed by atoms with Crippen LogP contribution in [0.3, 0.4) is 0 Å². The summed E-state index contributed by atoms with van der Waals surface area (Å²) >= 11 is 0. The summed E-state index contributed by atoms with van der Waals surface area (Å²) in [4.78, 5) is 11.8. The molecule has 1 fully saturated rings. The van der Waals surface area contributed by atoms with Gasteiger partial charge in [0.25, 0.3) is 5.91 Å². The largest absolute Gasteiger partial charge is 0.385 e. The van der Waals surface area contributed by atoms with Gasteiger partial charge in [-0.2, -0.15) is 0 Å². The second-order valence-corrected chi connectivity index (χ2v) is 5.42. The van der Waals surface area contributed by atoms with Gasteiger partial charge in [-0.15, -0.1) is 0 Å². The van der Waals surface area contributed by atoms with Gasteiger partial charge in [0.2, 0.25) is 0 Å². The van der Waals surface area contributed by atoms with Crippen molar-refractivity contribution in [2.75, 3.05) is 18.4 Å². The third-order valence-corrected chi connectivity index (χ3v) is 3.89. The van der Waals surface area contributed by atoms with Gasteiger partial charge in [0, 0.05) is 24.3 Å². The van der Waals surface area contributed by atoms with E-state index < -0.39 is 0 Å². The Kier molecular flexibility index (Phi) is 4.83. The van der Waals surface area contributed by atoms with Crippen LogP contribution in [0.5, 0.6) is 0 Å². The number of benzene rings is 1. The van der Waals surface area contributed by atoms with E-state index in [9.17, 15) is 4.79 Å². The van der Waals surface area contributed by atoms with E-state index in [1.807, 2.05) is 25.1 Å². The van der Waals surface area contributed by atoms with E-state index in [0.29, 0.717) is 6.54 Å². The highest BCUT2D eigenvalue weighted by Gasteiger charge is 2.15. The second-order valence-electron chi connectivity index (χ2n) is 5.42. The van der Waals surface area contributed by atoms with Gasteiger partial charge in [-0.1, -0.05) is 18.9 Å². The third kappa shape index (κ3) is 3.72. The molecule has 0 unspecified atom stereocenters. The topological polar surface area (TPSA) is 41.1 Å². The zero-order valence-electron chi connectivity index (χ0n) is 12.0. The molecule has 1 saturated carbocycles. The highest BCUT2D eigenvalue weighted by molar-refractivity contribution is 5.95. The van der Waals surface area contributed by atoms with Crippen LogP contribution in [0, 0.1) is 12.8 Å². The van der Waals surface area contributed by atoms with Crippen molar-refractivity contribution in [3.05, 3.63) is 29.3 Å². The van der Waals surface area contributed by atoms with E-state index in [0.717, 1.165) is 23.7 Å². The molecule has 0 saturated heterocycles. The molecule has 0 aromatic heterocycles. The molecule has 2 rings (SSSR count). The molecule has 1 aliphatic carbocycles. The van der Waals surface area contributed by atoms with E-state index in [-0.39, 0.29) is 5.91 Å². The van der Waals surface area contributed by atoms with Gasteiger partial charge in [-0.25, -0.2) is 0 Å². The lowest BCUT2D eigenvalue weighted by molar-refractivity contribution is 0.0956. The van der Waals surface area contributed by atoms with Crippen LogP contribution in [0.1, 0.15) is 48.5 Å². The molecule has 1 amide bonds. The average Bonchev–Trinajstić information content (AvgIpc) is 2.91. The molecular formula is C16H24N2O. The monoisotopic (exact) mass is 260 g/mol. The van der Waals surface area contributed by atoms with E-state index in [1.54, 1.807) is 0 Å². The summed E-state index contributed by atoms with van der Waals surface area (Å²) in [6, 6.07) is 5.87. The molecular weight excluding hydrogens is 236 g/mol. The summed E-state index contributed by atoms with van der Waals surface area (Å²) in [6.07, 6.45) is 5.40. The lowest BCUT2D eigenvalue weighted by Gasteiger charge is -2.15. The van der Waals surface area contributed by atoms with Crippen LogP contribution in [-0.4, -0.2) is 19.0 Å². The van der Waals surface area contributed by atoms with E-state index >= 15 is 0 Å². The summed E-state index contributed by atoms with van der Waals surface area (Å²) in [6.45, 7) is 5.71. The Morgan fingerprint density at radius 3 is 2.74 bits per heavy atom. The molecule has 1 aromatic carbocycles. The molecule has 3 heteroatoms. The Morgan fingerprint density at radius 2 is 2.05 bits per heavy atom. The molecule has 0 aliphatic heterocycles. The van der Waals surface area contributed by atoms with Crippen LogP contribution in [0.25, 0.3) is 0 Å². The van der Waals surface area contributed by atoms with Gasteiger partial charge in [0.15, 0.2) is 0 Å². The molecule has 0 radical (unpaired) electrons. The summed E-state index contributed by atoms with van der Waals surface area (Å²) in [7, 11) is 0. The van der Waals surface area contributed by atoms with Crippen molar-refractivity contribution in [3.63, 3.8) is 0 Å². The van der Waals surface area contributed by atoms with Crippen molar-refractivity contribution >= 4 is 11.6 Å². The first-order valence-corrected chi connectivity index (χ1v) is 7.33. The fourth-order valence-electron chi connectivity index (χ4n) is 2.69. The molecule has 2 N–H and O–H groups in total. The first-order valence-electron chi connectivity index (χ1n) is 7.33. The number of carbonyl (C=O) groups excluding carboxylic acids is 1. The number of hydrogen-bond donors (Lipinski definition) is 2. The lowest BCUT2D eigenvalue weighted by atomic mass is 10.1. The highest BCUT2D eigenvalue weighted by Crippen LogP contribution is 2.26. The summed E-state index contributed by atoms with van der Waals surface area (Å²) < 4.78 is 0. The van der Waals surface area contributed by atoms with Crippen molar-refractivity contribution in [1.82, 2.24) is 5.32 Å². The second kappa shape index (κ2) is 6.60. The van der Waals surface area contributed by atoms with Crippen molar-refractivity contribution in [2.45, 2.75) is 39.5 Å². The molecule has 1 aliphatic rings. The van der Waals surface area contributed by atoms with Gasteiger partial charge >= 0.3 is 0 Å². The highest BCUT2D eigenvalue weighted by atomic mass is 16.1. The molecule has 19 heavy (non-hydrogen) atoms. The Balaban J connectivity index is 2.01. The minimum Gasteiger partial charge on any atom is -0.385 e. The molecule has 0 heterocycles. The fraction of sp³-hybridized carbons (Fsp3) is 0.562. The summed E-state index contributed by atoms with van der Waals surface area (Å²) in [5.74, 6) is 0.805. The quantitative estimate of drug-likeness (QED) is 0.852. The fourth-order valence-corrected chi connectivity index (χ4v) is 2.69. The molecule has 0 spiro atoms. The van der Waals surface area contributed by atoms with Crippen LogP contribution >= 0.6 is 0 Å². The van der Waals surface area contributed by atoms with Gasteiger partial charge in [0.1, 0.15) is 0 Å². The zero-order valence-corrected chi connectivity index (χ0v) is 12.0. The van der Waals surface area contributed by atoms with Gasteiger partial charge in [0.05, 0.1) is 0 Å². The first kappa shape index (κ1) is 13.9. The van der Waals surface area contributed by atoms with Gasteiger partial charge in [-0.3, -0.25) is 4.79 Å². The average molecular weight is 260 g/mol. The zero-order chi connectivity index (χ0) is 13.7. The van der Waals surface area contributed by atoms with E-state index in [1.165, 1.54) is 31.2 Å². The van der Waals surface area contributed by atoms with Crippen molar-refractivity contribution in [3.8, 4) is 0 Å². The Labute approximate surface area is 115 Å². The van der Waals surface area contributed by atoms with E-state index in [4.69, 9.17) is 0 Å². The minimum atomic E-state index is 0.00594. The molecule has 0 atom stereocenters. The number of carbonyl (C=O) groups is 1. The number of amides is 1. The molecule has 1 aromatic rings. The lowest BCUT2D eigenvalue weighted by Crippen LogP contribution is -2.23. The van der Waals surface area contributed by atoms with Crippen LogP contribution in [0.4, 0.5) is 5.69 Å². The maximum absolute atomic E-state index is 11.8. The predicted molar refractivity (Wildman–Crippen MR) is 79.6 cm³/mol. The Bertz CT molecular complexity index is 436. The van der Waals surface area contributed by atoms with Crippen molar-refractivity contribution in [2.24, 2.45) is 5.92 Å². The van der Waals surface area contributed by atoms with Crippen molar-refractivity contribution < 1.29 is 4.79 Å². The molecule has 0 bridgehead atoms. The maximum Gasteiger partial charge on any atom is 0.251 e. The number of anilines is 1. The molecule has 104 valence electrons. The number of aryl methyl sites for hydroxylation is 1. The van der Waals surface area contributed by atoms with E-state index in [2.05, 4.69) is 17.6 Å². The number of rotatable bonds is 5. The SMILES string of the molecule is CCNC(=O)c1ccc(C)c(NCC2CCCC2)c1. The number of nitrogens with one attached hydrogen (secondary N) is 2. The van der Waals surface area contributed by atoms with Crippen LogP contribution in [-0.2, 0) is 0 Å². The van der Waals surface area contributed by atoms with Crippen molar-refractivity contribution in [1.29, 1.82) is 0 Å². The standard InChI is InChI=1S/C16H24N2O/c1-3-17-16(19)14-9-8-12(2)15(10-14)18-11-13-6-4-5-7-13/h8-10,13,18H,3-7,11H2,1-2H3,(H,17,19). The summed E-state index contributed by atoms with van der Waals surface area (Å²) in [5.41, 5.74) is 3.03. The minimum absolute atomic E-state index is 0.00594. The maximum atomic E-state index is 11.8. The first-order chi connectivity index (χ1) is 9.20. The van der Waals surface area contributed by atoms with Gasteiger partial charge < -0.3 is 10.6 Å². The predicted octanol–water partition coefficient (Wildman–Crippen LogP) is 3.35. The third-order valence-electron chi connectivity index (χ3n) is 3.89. The Hall–Kier alpha value is -1.51. The number of hydrogen-bond acceptors (Lipinski definition) is 2.